The molecule has 0 aliphatic rings. The predicted molar refractivity (Wildman–Crippen MR) is 48.1 cm³/mol. The van der Waals surface area contributed by atoms with Crippen LogP contribution in [0, 0.1) is 4.84 Å². The molecule has 0 saturated heterocycles. The standard InChI is InChI=1S/C8H4N2O2S/c13-8-10-9-7(12-8)5-3-4-1-2-6(5)11-4/h1-3H,(H,10,13). The highest BCUT2D eigenvalue weighted by molar-refractivity contribution is 7.71. The number of furan rings is 2. The molecule has 0 atom stereocenters. The second kappa shape index (κ2) is 2.20. The number of aromatic amines is 1. The van der Waals surface area contributed by atoms with Crippen LogP contribution in [-0.2, 0) is 0 Å². The van der Waals surface area contributed by atoms with Gasteiger partial charge in [-0.3, -0.25) is 0 Å². The molecule has 0 amide bonds. The number of aromatic nitrogens is 2. The van der Waals surface area contributed by atoms with Crippen molar-refractivity contribution in [1.82, 2.24) is 10.2 Å². The predicted octanol–water partition coefficient (Wildman–Crippen LogP) is 2.58. The van der Waals surface area contributed by atoms with Gasteiger partial charge in [-0.2, -0.15) is 0 Å². The van der Waals surface area contributed by atoms with Crippen molar-refractivity contribution in [2.24, 2.45) is 0 Å². The lowest BCUT2D eigenvalue weighted by Gasteiger charge is -1.85. The van der Waals surface area contributed by atoms with Crippen molar-refractivity contribution in [1.29, 1.82) is 0 Å². The Morgan fingerprint density at radius 3 is 2.77 bits per heavy atom. The van der Waals surface area contributed by atoms with E-state index >= 15 is 0 Å². The molecule has 3 aromatic heterocycles. The minimum absolute atomic E-state index is 0.272. The molecule has 2 bridgehead atoms. The molecule has 0 radical (unpaired) electrons. The lowest BCUT2D eigenvalue weighted by Crippen LogP contribution is -1.74. The summed E-state index contributed by atoms with van der Waals surface area (Å²) in [4.78, 5) is 0.272. The highest BCUT2D eigenvalue weighted by Crippen LogP contribution is 2.29. The first-order valence-corrected chi connectivity index (χ1v) is 4.11. The number of fused-ring (bicyclic) bond motifs is 2. The maximum atomic E-state index is 5.33. The van der Waals surface area contributed by atoms with Crippen LogP contribution in [0.5, 0.6) is 0 Å². The fourth-order valence-corrected chi connectivity index (χ4v) is 1.43. The van der Waals surface area contributed by atoms with E-state index in [1.165, 1.54) is 0 Å². The van der Waals surface area contributed by atoms with E-state index < -0.39 is 0 Å². The summed E-state index contributed by atoms with van der Waals surface area (Å²) in [5, 5.41) is 6.46. The molecule has 0 saturated carbocycles. The zero-order valence-electron chi connectivity index (χ0n) is 6.40. The first-order chi connectivity index (χ1) is 6.33. The zero-order valence-corrected chi connectivity index (χ0v) is 7.22. The lowest BCUT2D eigenvalue weighted by molar-refractivity contribution is 0.552. The van der Waals surface area contributed by atoms with Crippen molar-refractivity contribution in [3.8, 4) is 11.5 Å². The van der Waals surface area contributed by atoms with Crippen LogP contribution in [0.1, 0.15) is 0 Å². The van der Waals surface area contributed by atoms with E-state index in [2.05, 4.69) is 10.2 Å². The Hall–Kier alpha value is -1.62. The monoisotopic (exact) mass is 192 g/mol. The summed E-state index contributed by atoms with van der Waals surface area (Å²) < 4.78 is 10.5. The zero-order chi connectivity index (χ0) is 8.84. The van der Waals surface area contributed by atoms with Gasteiger partial charge in [-0.05, 0) is 30.4 Å². The Morgan fingerprint density at radius 2 is 2.23 bits per heavy atom. The van der Waals surface area contributed by atoms with Gasteiger partial charge < -0.3 is 8.83 Å². The van der Waals surface area contributed by atoms with E-state index in [1.54, 1.807) is 0 Å². The molecule has 0 unspecified atom stereocenters. The largest absolute Gasteiger partial charge is 0.457 e. The van der Waals surface area contributed by atoms with Crippen molar-refractivity contribution in [2.45, 2.75) is 0 Å². The number of hydrogen-bond donors (Lipinski definition) is 1. The first kappa shape index (κ1) is 6.85. The molecular formula is C8H4N2O2S. The molecule has 13 heavy (non-hydrogen) atoms. The van der Waals surface area contributed by atoms with Crippen molar-refractivity contribution in [2.75, 3.05) is 0 Å². The number of nitrogens with one attached hydrogen (secondary N) is 1. The minimum Gasteiger partial charge on any atom is -0.457 e. The Morgan fingerprint density at radius 1 is 1.31 bits per heavy atom. The van der Waals surface area contributed by atoms with Gasteiger partial charge in [0.1, 0.15) is 11.2 Å². The minimum atomic E-state index is 0.272. The van der Waals surface area contributed by atoms with E-state index in [4.69, 9.17) is 21.1 Å². The summed E-state index contributed by atoms with van der Waals surface area (Å²) in [6.45, 7) is 0. The van der Waals surface area contributed by atoms with Gasteiger partial charge in [-0.25, -0.2) is 5.10 Å². The van der Waals surface area contributed by atoms with Gasteiger partial charge in [0, 0.05) is 0 Å². The topological polar surface area (TPSA) is 55.0 Å². The van der Waals surface area contributed by atoms with E-state index in [9.17, 15) is 0 Å². The quantitative estimate of drug-likeness (QED) is 0.602. The summed E-state index contributed by atoms with van der Waals surface area (Å²) in [5.41, 5.74) is 2.42. The van der Waals surface area contributed by atoms with E-state index in [0.29, 0.717) is 5.89 Å². The second-order valence-electron chi connectivity index (χ2n) is 2.68. The third kappa shape index (κ3) is 0.905. The average molecular weight is 192 g/mol. The number of nitrogens with zero attached hydrogens (tertiary/aromatic N) is 1. The third-order valence-corrected chi connectivity index (χ3v) is 2.02. The SMILES string of the molecule is S=c1[nH]nc(-c2cc3ccc2o3)o1. The van der Waals surface area contributed by atoms with Gasteiger partial charge in [0.15, 0.2) is 0 Å². The van der Waals surface area contributed by atoms with Crippen molar-refractivity contribution in [3.05, 3.63) is 23.0 Å². The molecule has 0 aliphatic heterocycles. The summed E-state index contributed by atoms with van der Waals surface area (Å²) in [6, 6.07) is 5.63. The van der Waals surface area contributed by atoms with Gasteiger partial charge in [-0.15, -0.1) is 5.10 Å². The smallest absolute Gasteiger partial charge is 0.284 e. The molecular weight excluding hydrogens is 188 g/mol. The normalized spacial score (nSPS) is 11.4. The molecule has 4 nitrogen and oxygen atoms in total. The van der Waals surface area contributed by atoms with Crippen LogP contribution in [0.4, 0.5) is 0 Å². The molecule has 0 spiro atoms. The van der Waals surface area contributed by atoms with Gasteiger partial charge >= 0.3 is 0 Å². The van der Waals surface area contributed by atoms with Crippen LogP contribution in [0.2, 0.25) is 0 Å². The highest BCUT2D eigenvalue weighted by Gasteiger charge is 2.12. The number of H-pyrrole nitrogens is 1. The Bertz CT molecular complexity index is 592. The molecule has 1 N–H and O–H groups in total. The summed E-state index contributed by atoms with van der Waals surface area (Å²) in [5.74, 6) is 0.472. The highest BCUT2D eigenvalue weighted by atomic mass is 32.1. The Labute approximate surface area is 77.5 Å². The van der Waals surface area contributed by atoms with Crippen molar-refractivity contribution < 1.29 is 8.83 Å². The first-order valence-electron chi connectivity index (χ1n) is 3.71. The number of benzene rings is 1. The van der Waals surface area contributed by atoms with Crippen molar-refractivity contribution >= 4 is 23.4 Å². The third-order valence-electron chi connectivity index (χ3n) is 1.85. The van der Waals surface area contributed by atoms with Crippen LogP contribution in [0.25, 0.3) is 22.6 Å². The van der Waals surface area contributed by atoms with Crippen LogP contribution in [0.15, 0.2) is 27.0 Å². The Balaban J connectivity index is 2.29. The van der Waals surface area contributed by atoms with Crippen LogP contribution in [-0.4, -0.2) is 10.2 Å². The van der Waals surface area contributed by atoms with Crippen LogP contribution < -0.4 is 0 Å². The molecule has 64 valence electrons. The summed E-state index contributed by atoms with van der Waals surface area (Å²) in [7, 11) is 0. The second-order valence-corrected chi connectivity index (χ2v) is 3.05. The molecule has 3 heterocycles. The van der Waals surface area contributed by atoms with Crippen molar-refractivity contribution in [3.63, 3.8) is 0 Å². The molecule has 0 aliphatic carbocycles. The van der Waals surface area contributed by atoms with Crippen LogP contribution in [0.3, 0.4) is 0 Å². The van der Waals surface area contributed by atoms with Crippen LogP contribution >= 0.6 is 12.2 Å². The van der Waals surface area contributed by atoms with E-state index in [0.717, 1.165) is 16.7 Å². The molecule has 3 aromatic rings. The maximum Gasteiger partial charge on any atom is 0.284 e. The summed E-state index contributed by atoms with van der Waals surface area (Å²) in [6.07, 6.45) is 0. The molecule has 3 rings (SSSR count). The lowest BCUT2D eigenvalue weighted by atomic mass is 10.2. The molecule has 0 aromatic carbocycles. The maximum absolute atomic E-state index is 5.33. The van der Waals surface area contributed by atoms with E-state index in [1.807, 2.05) is 18.2 Å². The average Bonchev–Trinajstić information content (AvgIpc) is 2.77. The fraction of sp³-hybridized carbons (Fsp3) is 0. The van der Waals surface area contributed by atoms with Gasteiger partial charge in [0.25, 0.3) is 10.7 Å². The van der Waals surface area contributed by atoms with Gasteiger partial charge in [-0.1, -0.05) is 0 Å². The Kier molecular flexibility index (Phi) is 1.16. The molecule has 0 fully saturated rings. The number of rotatable bonds is 1. The number of hydrogen-bond acceptors (Lipinski definition) is 4. The fourth-order valence-electron chi connectivity index (χ4n) is 1.30. The molecule has 5 heteroatoms. The van der Waals surface area contributed by atoms with Gasteiger partial charge in [0.2, 0.25) is 0 Å². The summed E-state index contributed by atoms with van der Waals surface area (Å²) >= 11 is 4.77. The van der Waals surface area contributed by atoms with E-state index in [-0.39, 0.29) is 4.84 Å². The van der Waals surface area contributed by atoms with Gasteiger partial charge in [0.05, 0.1) is 5.56 Å².